The van der Waals surface area contributed by atoms with Gasteiger partial charge in [-0.2, -0.15) is 0 Å². The molecular weight excluding hydrogens is 378 g/mol. The van der Waals surface area contributed by atoms with Gasteiger partial charge in [-0.1, -0.05) is 79.7 Å². The molecule has 0 spiro atoms. The van der Waals surface area contributed by atoms with Crippen LogP contribution in [0.3, 0.4) is 0 Å². The zero-order valence-corrected chi connectivity index (χ0v) is 21.4. The SMILES string of the molecule is C=C(C)CCCC.CCC(=O)O.CCCC.CCCN(CCC(C)CC)CC(=O)O. The number of aliphatic carboxylic acids is 2. The summed E-state index contributed by atoms with van der Waals surface area (Å²) in [6, 6.07) is 0. The van der Waals surface area contributed by atoms with Gasteiger partial charge < -0.3 is 10.2 Å². The number of rotatable bonds is 13. The first-order chi connectivity index (χ1) is 14.1. The van der Waals surface area contributed by atoms with Crippen molar-refractivity contribution in [2.24, 2.45) is 5.92 Å². The summed E-state index contributed by atoms with van der Waals surface area (Å²) in [5.74, 6) is -0.768. The predicted octanol–water partition coefficient (Wildman–Crippen LogP) is 7.26. The Balaban J connectivity index is -0.000000175. The monoisotopic (exact) mass is 431 g/mol. The minimum absolute atomic E-state index is 0.185. The Bertz CT molecular complexity index is 381. The van der Waals surface area contributed by atoms with Crippen LogP contribution in [-0.4, -0.2) is 46.7 Å². The summed E-state index contributed by atoms with van der Waals surface area (Å²) in [6.07, 6.45) is 9.95. The lowest BCUT2D eigenvalue weighted by Crippen LogP contribution is -2.32. The van der Waals surface area contributed by atoms with Gasteiger partial charge in [0.05, 0.1) is 6.54 Å². The molecule has 0 heterocycles. The Labute approximate surface area is 187 Å². The van der Waals surface area contributed by atoms with E-state index in [1.165, 1.54) is 44.1 Å². The number of hydrogen-bond acceptors (Lipinski definition) is 3. The summed E-state index contributed by atoms with van der Waals surface area (Å²) >= 11 is 0. The Morgan fingerprint density at radius 2 is 1.37 bits per heavy atom. The molecule has 0 aromatic rings. The van der Waals surface area contributed by atoms with Crippen LogP contribution in [0.5, 0.6) is 0 Å². The van der Waals surface area contributed by atoms with E-state index in [0.29, 0.717) is 5.92 Å². The van der Waals surface area contributed by atoms with Crippen molar-refractivity contribution in [3.63, 3.8) is 0 Å². The Hall–Kier alpha value is -1.36. The van der Waals surface area contributed by atoms with Crippen molar-refractivity contribution in [3.05, 3.63) is 12.2 Å². The number of carboxylic acids is 2. The lowest BCUT2D eigenvalue weighted by molar-refractivity contribution is -0.138. The van der Waals surface area contributed by atoms with Crippen LogP contribution in [0.15, 0.2) is 12.2 Å². The Morgan fingerprint density at radius 3 is 1.60 bits per heavy atom. The third-order valence-corrected chi connectivity index (χ3v) is 4.29. The van der Waals surface area contributed by atoms with Gasteiger partial charge in [0.15, 0.2) is 0 Å². The van der Waals surface area contributed by atoms with Gasteiger partial charge in [-0.15, -0.1) is 6.58 Å². The van der Waals surface area contributed by atoms with Crippen molar-refractivity contribution in [2.45, 2.75) is 113 Å². The molecule has 0 aliphatic carbocycles. The van der Waals surface area contributed by atoms with Crippen LogP contribution >= 0.6 is 0 Å². The van der Waals surface area contributed by atoms with Crippen LogP contribution in [0.4, 0.5) is 0 Å². The summed E-state index contributed by atoms with van der Waals surface area (Å²) < 4.78 is 0. The molecule has 0 aromatic heterocycles. The second-order valence-electron chi connectivity index (χ2n) is 7.78. The molecule has 0 aliphatic rings. The average molecular weight is 432 g/mol. The normalized spacial score (nSPS) is 10.4. The molecule has 2 N–H and O–H groups in total. The first kappa shape index (κ1) is 36.0. The van der Waals surface area contributed by atoms with Crippen molar-refractivity contribution in [1.29, 1.82) is 0 Å². The molecular formula is C25H53NO4. The van der Waals surface area contributed by atoms with Crippen LogP contribution < -0.4 is 0 Å². The lowest BCUT2D eigenvalue weighted by Gasteiger charge is -2.20. The fourth-order valence-corrected chi connectivity index (χ4v) is 1.86. The second-order valence-corrected chi connectivity index (χ2v) is 7.78. The third-order valence-electron chi connectivity index (χ3n) is 4.29. The van der Waals surface area contributed by atoms with E-state index in [1.54, 1.807) is 6.92 Å². The first-order valence-corrected chi connectivity index (χ1v) is 11.9. The van der Waals surface area contributed by atoms with Gasteiger partial charge in [-0.25, -0.2) is 0 Å². The van der Waals surface area contributed by atoms with Gasteiger partial charge in [-0.05, 0) is 51.6 Å². The summed E-state index contributed by atoms with van der Waals surface area (Å²) in [5, 5.41) is 16.4. The summed E-state index contributed by atoms with van der Waals surface area (Å²) in [4.78, 5) is 21.9. The molecule has 0 fully saturated rings. The number of allylic oxidation sites excluding steroid dienone is 1. The maximum absolute atomic E-state index is 10.6. The summed E-state index contributed by atoms with van der Waals surface area (Å²) in [5.41, 5.74) is 1.31. The maximum Gasteiger partial charge on any atom is 0.317 e. The summed E-state index contributed by atoms with van der Waals surface area (Å²) in [6.45, 7) is 22.5. The van der Waals surface area contributed by atoms with Crippen molar-refractivity contribution in [3.8, 4) is 0 Å². The van der Waals surface area contributed by atoms with Crippen molar-refractivity contribution in [1.82, 2.24) is 4.90 Å². The molecule has 0 bridgehead atoms. The largest absolute Gasteiger partial charge is 0.481 e. The molecule has 0 radical (unpaired) electrons. The van der Waals surface area contributed by atoms with Crippen molar-refractivity contribution < 1.29 is 19.8 Å². The average Bonchev–Trinajstić information content (AvgIpc) is 2.70. The number of carboxylic acid groups (broad SMARTS) is 2. The molecule has 5 nitrogen and oxygen atoms in total. The quantitative estimate of drug-likeness (QED) is 0.300. The molecule has 30 heavy (non-hydrogen) atoms. The van der Waals surface area contributed by atoms with E-state index in [1.807, 2.05) is 4.90 Å². The van der Waals surface area contributed by atoms with E-state index in [4.69, 9.17) is 10.2 Å². The smallest absolute Gasteiger partial charge is 0.317 e. The highest BCUT2D eigenvalue weighted by Gasteiger charge is 2.09. The fraction of sp³-hybridized carbons (Fsp3) is 0.840. The standard InChI is InChI=1S/C11H23NO2.C7H14.C4H10.C3H6O2/c1-4-7-12(9-11(13)14)8-6-10(3)5-2;1-4-5-6-7(2)3;1-3-4-2;1-2-3(4)5/h10H,4-9H2,1-3H3,(H,13,14);2,4-6H2,1,3H3;3-4H2,1-2H3;2H2,1H3,(H,4,5). The molecule has 0 amide bonds. The highest BCUT2D eigenvalue weighted by Crippen LogP contribution is 2.07. The molecule has 0 saturated heterocycles. The van der Waals surface area contributed by atoms with Crippen LogP contribution in [0.1, 0.15) is 113 Å². The topological polar surface area (TPSA) is 77.8 Å². The predicted molar refractivity (Wildman–Crippen MR) is 131 cm³/mol. The number of nitrogens with zero attached hydrogens (tertiary/aromatic N) is 1. The second kappa shape index (κ2) is 29.8. The van der Waals surface area contributed by atoms with E-state index >= 15 is 0 Å². The molecule has 0 rings (SSSR count). The van der Waals surface area contributed by atoms with E-state index in [9.17, 15) is 9.59 Å². The van der Waals surface area contributed by atoms with E-state index in [2.05, 4.69) is 55.0 Å². The first-order valence-electron chi connectivity index (χ1n) is 11.9. The molecule has 0 saturated carbocycles. The zero-order chi connectivity index (χ0) is 24.4. The number of hydrogen-bond donors (Lipinski definition) is 2. The van der Waals surface area contributed by atoms with E-state index in [-0.39, 0.29) is 13.0 Å². The molecule has 0 aromatic carbocycles. The number of carbonyl (C=O) groups is 2. The van der Waals surface area contributed by atoms with Gasteiger partial charge in [0, 0.05) is 6.42 Å². The van der Waals surface area contributed by atoms with Gasteiger partial charge in [0.2, 0.25) is 0 Å². The van der Waals surface area contributed by atoms with Crippen LogP contribution in [0.2, 0.25) is 0 Å². The Kier molecular flexibility index (Phi) is 35.8. The number of unbranched alkanes of at least 4 members (excludes halogenated alkanes) is 2. The molecule has 1 atom stereocenters. The lowest BCUT2D eigenvalue weighted by atomic mass is 10.1. The molecule has 1 unspecified atom stereocenters. The highest BCUT2D eigenvalue weighted by molar-refractivity contribution is 5.69. The van der Waals surface area contributed by atoms with Gasteiger partial charge in [0.25, 0.3) is 0 Å². The fourth-order valence-electron chi connectivity index (χ4n) is 1.86. The van der Waals surface area contributed by atoms with Crippen LogP contribution in [0.25, 0.3) is 0 Å². The van der Waals surface area contributed by atoms with E-state index < -0.39 is 11.9 Å². The molecule has 182 valence electrons. The molecule has 0 aliphatic heterocycles. The molecule has 5 heteroatoms. The van der Waals surface area contributed by atoms with Crippen LogP contribution in [-0.2, 0) is 9.59 Å². The van der Waals surface area contributed by atoms with Crippen molar-refractivity contribution in [2.75, 3.05) is 19.6 Å². The van der Waals surface area contributed by atoms with Crippen LogP contribution in [0, 0.1) is 5.92 Å². The summed E-state index contributed by atoms with van der Waals surface area (Å²) in [7, 11) is 0. The maximum atomic E-state index is 10.6. The van der Waals surface area contributed by atoms with Crippen molar-refractivity contribution >= 4 is 11.9 Å². The minimum Gasteiger partial charge on any atom is -0.481 e. The zero-order valence-electron chi connectivity index (χ0n) is 21.4. The minimum atomic E-state index is -0.745. The Morgan fingerprint density at radius 1 is 0.867 bits per heavy atom. The van der Waals surface area contributed by atoms with Gasteiger partial charge in [-0.3, -0.25) is 14.5 Å². The van der Waals surface area contributed by atoms with Gasteiger partial charge >= 0.3 is 11.9 Å². The third kappa shape index (κ3) is 45.4. The highest BCUT2D eigenvalue weighted by atomic mass is 16.4. The van der Waals surface area contributed by atoms with Gasteiger partial charge in [0.1, 0.15) is 0 Å². The van der Waals surface area contributed by atoms with E-state index in [0.717, 1.165) is 25.9 Å².